The van der Waals surface area contributed by atoms with Crippen molar-refractivity contribution >= 4 is 27.6 Å². The van der Waals surface area contributed by atoms with Crippen molar-refractivity contribution in [1.29, 1.82) is 0 Å². The summed E-state index contributed by atoms with van der Waals surface area (Å²) >= 11 is 0. The molecule has 0 aromatic heterocycles. The van der Waals surface area contributed by atoms with Crippen molar-refractivity contribution in [2.24, 2.45) is 0 Å². The molecule has 1 atom stereocenters. The van der Waals surface area contributed by atoms with Crippen LogP contribution in [0.3, 0.4) is 0 Å². The quantitative estimate of drug-likeness (QED) is 0.741. The molecular weight excluding hydrogens is 437 g/mol. The standard InChI is InChI=1S/C20H21F3N2O5S/c1-24(31(28,29)30-19(27)14-6-3-2-4-7-14)18-12-15(20(21,22)23)9-10-17(18)25-11-5-8-16(26)13-25/h2-4,6-7,9-10,12,16,26H,5,8,11,13H2,1H3. The van der Waals surface area contributed by atoms with Gasteiger partial charge in [-0.15, -0.1) is 0 Å². The molecule has 3 rings (SSSR count). The highest BCUT2D eigenvalue weighted by atomic mass is 32.2. The first-order valence-corrected chi connectivity index (χ1v) is 10.8. The van der Waals surface area contributed by atoms with Crippen molar-refractivity contribution < 1.29 is 35.7 Å². The molecule has 2 aromatic rings. The number of rotatable bonds is 5. The van der Waals surface area contributed by atoms with Crippen molar-refractivity contribution in [3.05, 3.63) is 59.7 Å². The first-order chi connectivity index (χ1) is 14.5. The molecule has 2 aromatic carbocycles. The van der Waals surface area contributed by atoms with E-state index in [-0.39, 0.29) is 23.5 Å². The van der Waals surface area contributed by atoms with Gasteiger partial charge in [-0.3, -0.25) is 0 Å². The maximum Gasteiger partial charge on any atom is 0.416 e. The Kier molecular flexibility index (Phi) is 6.46. The van der Waals surface area contributed by atoms with Crippen molar-refractivity contribution in [2.75, 3.05) is 29.3 Å². The molecule has 31 heavy (non-hydrogen) atoms. The highest BCUT2D eigenvalue weighted by Gasteiger charge is 2.35. The van der Waals surface area contributed by atoms with E-state index in [0.29, 0.717) is 29.8 Å². The zero-order valence-electron chi connectivity index (χ0n) is 16.5. The van der Waals surface area contributed by atoms with Crippen LogP contribution >= 0.6 is 0 Å². The molecule has 1 aliphatic rings. The molecular formula is C20H21F3N2O5S. The maximum absolute atomic E-state index is 13.3. The molecule has 1 saturated heterocycles. The fraction of sp³-hybridized carbons (Fsp3) is 0.350. The lowest BCUT2D eigenvalue weighted by molar-refractivity contribution is -0.137. The molecule has 0 aliphatic carbocycles. The molecule has 168 valence electrons. The van der Waals surface area contributed by atoms with Crippen LogP contribution in [-0.2, 0) is 20.7 Å². The molecule has 1 N–H and O–H groups in total. The first kappa shape index (κ1) is 22.9. The van der Waals surface area contributed by atoms with Crippen molar-refractivity contribution in [1.82, 2.24) is 0 Å². The van der Waals surface area contributed by atoms with Gasteiger partial charge in [-0.1, -0.05) is 18.2 Å². The summed E-state index contributed by atoms with van der Waals surface area (Å²) in [5.74, 6) is -1.16. The molecule has 1 fully saturated rings. The van der Waals surface area contributed by atoms with Crippen LogP contribution in [0.5, 0.6) is 0 Å². The fourth-order valence-corrected chi connectivity index (χ4v) is 4.07. The zero-order valence-corrected chi connectivity index (χ0v) is 17.4. The maximum atomic E-state index is 13.3. The molecule has 0 saturated carbocycles. The van der Waals surface area contributed by atoms with Crippen molar-refractivity contribution in [3.63, 3.8) is 0 Å². The summed E-state index contributed by atoms with van der Waals surface area (Å²) < 4.78 is 70.4. The van der Waals surface area contributed by atoms with Crippen molar-refractivity contribution in [2.45, 2.75) is 25.1 Å². The number of halogens is 3. The van der Waals surface area contributed by atoms with Gasteiger partial charge in [-0.2, -0.15) is 21.6 Å². The number of nitrogens with zero attached hydrogens (tertiary/aromatic N) is 2. The van der Waals surface area contributed by atoms with Crippen LogP contribution in [0, 0.1) is 0 Å². The van der Waals surface area contributed by atoms with Crippen LogP contribution in [0.15, 0.2) is 48.5 Å². The number of carbonyl (C=O) groups excluding carboxylic acids is 1. The summed E-state index contributed by atoms with van der Waals surface area (Å²) in [6, 6.07) is 10.0. The number of β-amino-alcohol motifs (C(OH)–C–C–N with tert-alkyl or cyclic N) is 1. The monoisotopic (exact) mass is 458 g/mol. The Balaban J connectivity index is 1.98. The SMILES string of the molecule is CN(c1cc(C(F)(F)F)ccc1N1CCCC(O)C1)S(=O)(=O)OC(=O)c1ccccc1. The van der Waals surface area contributed by atoms with E-state index in [1.807, 2.05) is 0 Å². The normalized spacial score (nSPS) is 17.3. The predicted molar refractivity (Wildman–Crippen MR) is 108 cm³/mol. The number of hydrogen-bond acceptors (Lipinski definition) is 6. The average Bonchev–Trinajstić information content (AvgIpc) is 2.72. The lowest BCUT2D eigenvalue weighted by atomic mass is 10.1. The summed E-state index contributed by atoms with van der Waals surface area (Å²) in [4.78, 5) is 13.8. The molecule has 11 heteroatoms. The molecule has 0 spiro atoms. The molecule has 7 nitrogen and oxygen atoms in total. The first-order valence-electron chi connectivity index (χ1n) is 9.41. The van der Waals surface area contributed by atoms with Crippen LogP contribution in [-0.4, -0.2) is 45.7 Å². The second-order valence-corrected chi connectivity index (χ2v) is 8.68. The number of aliphatic hydroxyl groups excluding tert-OH is 1. The van der Waals surface area contributed by atoms with Gasteiger partial charge in [-0.25, -0.2) is 9.10 Å². The van der Waals surface area contributed by atoms with E-state index in [1.54, 1.807) is 11.0 Å². The number of aliphatic hydroxyl groups is 1. The van der Waals surface area contributed by atoms with Gasteiger partial charge < -0.3 is 14.2 Å². The Morgan fingerprint density at radius 1 is 1.19 bits per heavy atom. The average molecular weight is 458 g/mol. The predicted octanol–water partition coefficient (Wildman–Crippen LogP) is 3.20. The van der Waals surface area contributed by atoms with Crippen LogP contribution < -0.4 is 9.21 Å². The molecule has 0 radical (unpaired) electrons. The van der Waals surface area contributed by atoms with Gasteiger partial charge >= 0.3 is 22.4 Å². The summed E-state index contributed by atoms with van der Waals surface area (Å²) in [6.07, 6.45) is -4.28. The Labute approximate surface area is 177 Å². The third kappa shape index (κ3) is 5.28. The minimum atomic E-state index is -4.77. The van der Waals surface area contributed by atoms with Gasteiger partial charge in [0.25, 0.3) is 0 Å². The number of alkyl halides is 3. The van der Waals surface area contributed by atoms with Gasteiger partial charge in [0, 0.05) is 20.1 Å². The lowest BCUT2D eigenvalue weighted by Gasteiger charge is -2.35. The fourth-order valence-electron chi connectivity index (χ4n) is 3.29. The second kappa shape index (κ2) is 8.75. The molecule has 0 bridgehead atoms. The minimum Gasteiger partial charge on any atom is -0.391 e. The topological polar surface area (TPSA) is 87.2 Å². The Bertz CT molecular complexity index is 1040. The summed E-state index contributed by atoms with van der Waals surface area (Å²) in [7, 11) is -3.76. The number of hydrogen-bond donors (Lipinski definition) is 1. The Morgan fingerprint density at radius 2 is 1.87 bits per heavy atom. The largest absolute Gasteiger partial charge is 0.416 e. The highest BCUT2D eigenvalue weighted by Crippen LogP contribution is 2.38. The summed E-state index contributed by atoms with van der Waals surface area (Å²) in [5.41, 5.74) is -1.22. The number of anilines is 2. The van der Waals surface area contributed by atoms with Gasteiger partial charge in [0.15, 0.2) is 0 Å². The van der Waals surface area contributed by atoms with Crippen LogP contribution in [0.25, 0.3) is 0 Å². The number of piperidine rings is 1. The molecule has 1 heterocycles. The number of carbonyl (C=O) groups is 1. The van der Waals surface area contributed by atoms with Crippen LogP contribution in [0.2, 0.25) is 0 Å². The van der Waals surface area contributed by atoms with Crippen LogP contribution in [0.4, 0.5) is 24.5 Å². The third-order valence-corrected chi connectivity index (χ3v) is 6.13. The van der Waals surface area contributed by atoms with E-state index in [1.165, 1.54) is 24.3 Å². The summed E-state index contributed by atoms with van der Waals surface area (Å²) in [5, 5.41) is 9.94. The molecule has 1 unspecified atom stereocenters. The van der Waals surface area contributed by atoms with Gasteiger partial charge in [0.1, 0.15) is 0 Å². The Hall–Kier alpha value is -2.79. The third-order valence-electron chi connectivity index (χ3n) is 4.91. The molecule has 0 amide bonds. The van der Waals surface area contributed by atoms with Crippen LogP contribution in [0.1, 0.15) is 28.8 Å². The van der Waals surface area contributed by atoms with Crippen molar-refractivity contribution in [3.8, 4) is 0 Å². The molecule has 1 aliphatic heterocycles. The highest BCUT2D eigenvalue weighted by molar-refractivity contribution is 7.88. The van der Waals surface area contributed by atoms with Gasteiger partial charge in [0.2, 0.25) is 0 Å². The van der Waals surface area contributed by atoms with E-state index in [2.05, 4.69) is 4.18 Å². The van der Waals surface area contributed by atoms with E-state index >= 15 is 0 Å². The lowest BCUT2D eigenvalue weighted by Crippen LogP contribution is -2.40. The van der Waals surface area contributed by atoms with Gasteiger partial charge in [0.05, 0.1) is 28.6 Å². The van der Waals surface area contributed by atoms with E-state index in [4.69, 9.17) is 0 Å². The van der Waals surface area contributed by atoms with E-state index in [0.717, 1.165) is 19.2 Å². The smallest absolute Gasteiger partial charge is 0.391 e. The summed E-state index contributed by atoms with van der Waals surface area (Å²) in [6.45, 7) is 0.559. The zero-order chi connectivity index (χ0) is 22.8. The minimum absolute atomic E-state index is 0.0251. The second-order valence-electron chi connectivity index (χ2n) is 7.11. The Morgan fingerprint density at radius 3 is 2.48 bits per heavy atom. The van der Waals surface area contributed by atoms with E-state index < -0.39 is 34.1 Å². The van der Waals surface area contributed by atoms with E-state index in [9.17, 15) is 31.5 Å². The van der Waals surface area contributed by atoms with Gasteiger partial charge in [-0.05, 0) is 43.2 Å². The number of benzene rings is 2.